The Balaban J connectivity index is 1.81. The van der Waals surface area contributed by atoms with Gasteiger partial charge in [0, 0.05) is 17.3 Å². The van der Waals surface area contributed by atoms with Gasteiger partial charge in [0.1, 0.15) is 5.82 Å². The number of aryl methyl sites for hydroxylation is 2. The van der Waals surface area contributed by atoms with Crippen LogP contribution in [0.2, 0.25) is 0 Å². The number of carbonyl (C=O) groups excluding carboxylic acids is 1. The Bertz CT molecular complexity index is 974. The number of aromatic nitrogens is 2. The first-order valence-electron chi connectivity index (χ1n) is 8.32. The van der Waals surface area contributed by atoms with Crippen LogP contribution in [0.4, 0.5) is 10.1 Å². The third kappa shape index (κ3) is 3.72. The third-order valence-corrected chi connectivity index (χ3v) is 4.13. The minimum absolute atomic E-state index is 0.174. The van der Waals surface area contributed by atoms with Crippen molar-refractivity contribution >= 4 is 17.7 Å². The van der Waals surface area contributed by atoms with E-state index in [1.807, 2.05) is 55.8 Å². The molecule has 0 spiro atoms. The van der Waals surface area contributed by atoms with Crippen molar-refractivity contribution in [1.82, 2.24) is 9.78 Å². The molecule has 0 saturated heterocycles. The highest BCUT2D eigenvalue weighted by Gasteiger charge is 2.11. The van der Waals surface area contributed by atoms with Gasteiger partial charge in [-0.05, 0) is 56.7 Å². The van der Waals surface area contributed by atoms with Crippen LogP contribution in [0.15, 0.2) is 54.6 Å². The first-order chi connectivity index (χ1) is 12.5. The Kier molecular flexibility index (Phi) is 4.98. The molecule has 1 amide bonds. The maximum atomic E-state index is 13.8. The summed E-state index contributed by atoms with van der Waals surface area (Å²) in [6.07, 6.45) is 3.11. The van der Waals surface area contributed by atoms with E-state index < -0.39 is 5.82 Å². The van der Waals surface area contributed by atoms with Gasteiger partial charge in [-0.3, -0.25) is 4.79 Å². The van der Waals surface area contributed by atoms with Crippen LogP contribution in [0, 0.1) is 26.6 Å². The fraction of sp³-hybridized carbons (Fsp3) is 0.143. The van der Waals surface area contributed by atoms with E-state index in [4.69, 9.17) is 0 Å². The number of carbonyl (C=O) groups is 1. The molecule has 26 heavy (non-hydrogen) atoms. The molecule has 0 fully saturated rings. The van der Waals surface area contributed by atoms with Crippen LogP contribution in [0.5, 0.6) is 0 Å². The average molecular weight is 349 g/mol. The highest BCUT2D eigenvalue weighted by molar-refractivity contribution is 6.02. The molecule has 0 aliphatic carbocycles. The number of hydrogen-bond donors (Lipinski definition) is 1. The quantitative estimate of drug-likeness (QED) is 0.700. The highest BCUT2D eigenvalue weighted by atomic mass is 19.1. The highest BCUT2D eigenvalue weighted by Crippen LogP contribution is 2.20. The predicted molar refractivity (Wildman–Crippen MR) is 102 cm³/mol. The molecule has 2 aromatic carbocycles. The first kappa shape index (κ1) is 17.6. The minimum Gasteiger partial charge on any atom is -0.320 e. The molecule has 0 bridgehead atoms. The van der Waals surface area contributed by atoms with Crippen molar-refractivity contribution in [3.8, 4) is 5.69 Å². The Labute approximate surface area is 152 Å². The number of nitrogens with one attached hydrogen (secondary N) is 1. The number of benzene rings is 2. The van der Waals surface area contributed by atoms with Gasteiger partial charge in [-0.1, -0.05) is 24.3 Å². The van der Waals surface area contributed by atoms with Crippen LogP contribution >= 0.6 is 0 Å². The molecular weight excluding hydrogens is 329 g/mol. The van der Waals surface area contributed by atoms with Crippen LogP contribution < -0.4 is 5.32 Å². The molecule has 1 aromatic heterocycles. The molecule has 0 aliphatic rings. The van der Waals surface area contributed by atoms with Crippen LogP contribution in [-0.2, 0) is 4.79 Å². The Morgan fingerprint density at radius 1 is 1.12 bits per heavy atom. The van der Waals surface area contributed by atoms with E-state index in [9.17, 15) is 9.18 Å². The van der Waals surface area contributed by atoms with Gasteiger partial charge in [0.05, 0.1) is 17.1 Å². The smallest absolute Gasteiger partial charge is 0.248 e. The maximum Gasteiger partial charge on any atom is 0.248 e. The van der Waals surface area contributed by atoms with Gasteiger partial charge in [-0.25, -0.2) is 9.07 Å². The van der Waals surface area contributed by atoms with Gasteiger partial charge >= 0.3 is 0 Å². The summed E-state index contributed by atoms with van der Waals surface area (Å²) in [5, 5.41) is 7.11. The fourth-order valence-electron chi connectivity index (χ4n) is 2.78. The summed E-state index contributed by atoms with van der Waals surface area (Å²) >= 11 is 0. The molecule has 132 valence electrons. The molecule has 1 heterocycles. The van der Waals surface area contributed by atoms with E-state index >= 15 is 0 Å². The lowest BCUT2D eigenvalue weighted by Crippen LogP contribution is -2.09. The summed E-state index contributed by atoms with van der Waals surface area (Å²) in [7, 11) is 0. The van der Waals surface area contributed by atoms with Gasteiger partial charge in [0.2, 0.25) is 5.91 Å². The first-order valence-corrected chi connectivity index (χ1v) is 8.32. The largest absolute Gasteiger partial charge is 0.320 e. The van der Waals surface area contributed by atoms with E-state index in [2.05, 4.69) is 10.4 Å². The number of para-hydroxylation sites is 1. The van der Waals surface area contributed by atoms with Crippen molar-refractivity contribution in [1.29, 1.82) is 0 Å². The molecule has 0 unspecified atom stereocenters. The summed E-state index contributed by atoms with van der Waals surface area (Å²) in [5.41, 5.74) is 4.62. The fourth-order valence-corrected chi connectivity index (χ4v) is 2.78. The summed E-state index contributed by atoms with van der Waals surface area (Å²) in [6, 6.07) is 14.4. The normalized spacial score (nSPS) is 11.1. The van der Waals surface area contributed by atoms with Gasteiger partial charge in [-0.2, -0.15) is 5.10 Å². The Hall–Kier alpha value is -3.21. The third-order valence-electron chi connectivity index (χ3n) is 4.13. The van der Waals surface area contributed by atoms with Crippen molar-refractivity contribution < 1.29 is 9.18 Å². The number of rotatable bonds is 4. The molecule has 4 nitrogen and oxygen atoms in total. The predicted octanol–water partition coefficient (Wildman–Crippen LogP) is 4.59. The summed E-state index contributed by atoms with van der Waals surface area (Å²) < 4.78 is 15.6. The van der Waals surface area contributed by atoms with E-state index in [1.54, 1.807) is 18.2 Å². The second-order valence-corrected chi connectivity index (χ2v) is 6.14. The molecule has 5 heteroatoms. The van der Waals surface area contributed by atoms with Crippen molar-refractivity contribution in [2.24, 2.45) is 0 Å². The van der Waals surface area contributed by atoms with E-state index in [1.165, 1.54) is 12.1 Å². The average Bonchev–Trinajstić information content (AvgIpc) is 2.91. The lowest BCUT2D eigenvalue weighted by atomic mass is 10.1. The summed E-state index contributed by atoms with van der Waals surface area (Å²) in [4.78, 5) is 12.2. The second kappa shape index (κ2) is 7.35. The van der Waals surface area contributed by atoms with Crippen LogP contribution in [-0.4, -0.2) is 15.7 Å². The van der Waals surface area contributed by atoms with E-state index in [0.29, 0.717) is 0 Å². The van der Waals surface area contributed by atoms with Gasteiger partial charge in [0.15, 0.2) is 0 Å². The number of anilines is 1. The van der Waals surface area contributed by atoms with Crippen LogP contribution in [0.3, 0.4) is 0 Å². The van der Waals surface area contributed by atoms with Gasteiger partial charge in [0.25, 0.3) is 0 Å². The molecular formula is C21H20FN3O. The molecule has 1 N–H and O–H groups in total. The molecule has 0 saturated carbocycles. The second-order valence-electron chi connectivity index (χ2n) is 6.14. The molecule has 0 radical (unpaired) electrons. The molecule has 3 rings (SSSR count). The number of hydrogen-bond acceptors (Lipinski definition) is 2. The topological polar surface area (TPSA) is 46.9 Å². The molecule has 0 aliphatic heterocycles. The number of nitrogens with zero attached hydrogens (tertiary/aromatic N) is 2. The minimum atomic E-state index is -0.457. The monoisotopic (exact) mass is 349 g/mol. The zero-order chi connectivity index (χ0) is 18.7. The Morgan fingerprint density at radius 2 is 1.85 bits per heavy atom. The SMILES string of the molecule is Cc1ccc(F)c(NC(=O)/C=C/c2c(C)nn(-c3ccccc3)c2C)c1. The number of amides is 1. The number of halogens is 1. The summed E-state index contributed by atoms with van der Waals surface area (Å²) in [6.45, 7) is 5.69. The van der Waals surface area contributed by atoms with Crippen LogP contribution in [0.25, 0.3) is 11.8 Å². The maximum absolute atomic E-state index is 13.8. The summed E-state index contributed by atoms with van der Waals surface area (Å²) in [5.74, 6) is -0.845. The van der Waals surface area contributed by atoms with Gasteiger partial charge in [-0.15, -0.1) is 0 Å². The molecule has 0 atom stereocenters. The Morgan fingerprint density at radius 3 is 2.58 bits per heavy atom. The van der Waals surface area contributed by atoms with Crippen molar-refractivity contribution in [2.75, 3.05) is 5.32 Å². The zero-order valence-electron chi connectivity index (χ0n) is 15.0. The van der Waals surface area contributed by atoms with Crippen molar-refractivity contribution in [3.05, 3.63) is 82.9 Å². The zero-order valence-corrected chi connectivity index (χ0v) is 15.0. The van der Waals surface area contributed by atoms with Gasteiger partial charge < -0.3 is 5.32 Å². The lowest BCUT2D eigenvalue weighted by molar-refractivity contribution is -0.111. The van der Waals surface area contributed by atoms with Crippen LogP contribution in [0.1, 0.15) is 22.5 Å². The molecule has 3 aromatic rings. The van der Waals surface area contributed by atoms with E-state index in [-0.39, 0.29) is 11.6 Å². The lowest BCUT2D eigenvalue weighted by Gasteiger charge is -2.05. The van der Waals surface area contributed by atoms with E-state index in [0.717, 1.165) is 28.2 Å². The standard InChI is InChI=1S/C21H20FN3O/c1-14-9-11-19(22)20(13-14)23-21(26)12-10-18-15(2)24-25(16(18)3)17-7-5-4-6-8-17/h4-13H,1-3H3,(H,23,26)/b12-10+. The van der Waals surface area contributed by atoms with Crippen molar-refractivity contribution in [2.45, 2.75) is 20.8 Å². The van der Waals surface area contributed by atoms with Crippen molar-refractivity contribution in [3.63, 3.8) is 0 Å².